The molecule has 1 fully saturated rings. The summed E-state index contributed by atoms with van der Waals surface area (Å²) in [5.74, 6) is -0.790. The average molecular weight is 443 g/mol. The lowest BCUT2D eigenvalue weighted by atomic mass is 9.65. The topological polar surface area (TPSA) is 69.7 Å². The molecular formula is C20H20Cl2O5S. The van der Waals surface area contributed by atoms with Crippen molar-refractivity contribution >= 4 is 39.1 Å². The van der Waals surface area contributed by atoms with Gasteiger partial charge < -0.3 is 4.74 Å². The summed E-state index contributed by atoms with van der Waals surface area (Å²) < 4.78 is 33.8. The Kier molecular flexibility index (Phi) is 6.05. The Balaban J connectivity index is 1.91. The van der Waals surface area contributed by atoms with Crippen molar-refractivity contribution in [3.05, 3.63) is 63.1 Å². The molecule has 0 N–H and O–H groups in total. The van der Waals surface area contributed by atoms with E-state index < -0.39 is 28.1 Å². The normalized spacial score (nSPS) is 22.0. The first-order chi connectivity index (χ1) is 13.1. The number of ketones is 1. The molecule has 28 heavy (non-hydrogen) atoms. The zero-order chi connectivity index (χ0) is 20.6. The summed E-state index contributed by atoms with van der Waals surface area (Å²) in [7, 11) is -3.66. The number of halogens is 2. The number of hydrogen-bond donors (Lipinski definition) is 0. The van der Waals surface area contributed by atoms with Crippen LogP contribution in [0.5, 0.6) is 5.75 Å². The number of benzene rings is 2. The molecule has 0 heterocycles. The van der Waals surface area contributed by atoms with E-state index in [0.717, 1.165) is 22.9 Å². The quantitative estimate of drug-likeness (QED) is 0.623. The number of aryl methyl sites for hydroxylation is 1. The van der Waals surface area contributed by atoms with Gasteiger partial charge in [-0.2, -0.15) is 8.42 Å². The minimum atomic E-state index is -3.66. The lowest BCUT2D eigenvalue weighted by molar-refractivity contribution is -0.145. The Labute approximate surface area is 174 Å². The van der Waals surface area contributed by atoms with Crippen LogP contribution in [0.2, 0.25) is 10.0 Å². The largest absolute Gasteiger partial charge is 0.481 e. The van der Waals surface area contributed by atoms with Crippen molar-refractivity contribution in [3.63, 3.8) is 0 Å². The number of hydrogen-bond acceptors (Lipinski definition) is 5. The molecule has 0 saturated heterocycles. The second kappa shape index (κ2) is 8.03. The number of Topliss-reactive ketones (excluding diaryl/α,β-unsaturated/α-hetero) is 1. The number of carbonyl (C=O) groups is 1. The molecule has 0 bridgehead atoms. The maximum atomic E-state index is 12.9. The molecule has 3 rings (SSSR count). The highest BCUT2D eigenvalue weighted by molar-refractivity contribution is 7.85. The molecule has 3 atom stereocenters. The predicted octanol–water partition coefficient (Wildman–Crippen LogP) is 4.32. The average Bonchev–Trinajstić information content (AvgIpc) is 2.60. The maximum absolute atomic E-state index is 12.9. The van der Waals surface area contributed by atoms with Gasteiger partial charge in [0.05, 0.1) is 23.8 Å². The number of carbonyl (C=O) groups excluding carboxylic acids is 1. The highest BCUT2D eigenvalue weighted by Gasteiger charge is 2.53. The van der Waals surface area contributed by atoms with Crippen molar-refractivity contribution < 1.29 is 22.1 Å². The minimum absolute atomic E-state index is 0.137. The van der Waals surface area contributed by atoms with Crippen molar-refractivity contribution in [1.29, 1.82) is 0 Å². The molecule has 0 spiro atoms. The van der Waals surface area contributed by atoms with E-state index in [1.54, 1.807) is 12.1 Å². The third-order valence-electron chi connectivity index (χ3n) is 5.01. The van der Waals surface area contributed by atoms with E-state index in [2.05, 4.69) is 0 Å². The first kappa shape index (κ1) is 21.1. The zero-order valence-corrected chi connectivity index (χ0v) is 17.9. The predicted molar refractivity (Wildman–Crippen MR) is 109 cm³/mol. The summed E-state index contributed by atoms with van der Waals surface area (Å²) in [5.41, 5.74) is 2.90. The Morgan fingerprint density at radius 1 is 1.11 bits per heavy atom. The van der Waals surface area contributed by atoms with Crippen LogP contribution in [0.3, 0.4) is 0 Å². The van der Waals surface area contributed by atoms with E-state index in [0.29, 0.717) is 10.8 Å². The molecule has 0 aromatic heterocycles. The Bertz CT molecular complexity index is 1020. The van der Waals surface area contributed by atoms with Gasteiger partial charge in [0.2, 0.25) is 0 Å². The van der Waals surface area contributed by atoms with Crippen LogP contribution in [0, 0.1) is 19.8 Å². The van der Waals surface area contributed by atoms with Crippen molar-refractivity contribution in [2.24, 2.45) is 5.92 Å². The molecule has 0 unspecified atom stereocenters. The van der Waals surface area contributed by atoms with Crippen LogP contribution in [-0.4, -0.2) is 33.2 Å². The summed E-state index contributed by atoms with van der Waals surface area (Å²) in [4.78, 5) is 12.9. The Hall–Kier alpha value is -1.60. The molecule has 1 saturated carbocycles. The van der Waals surface area contributed by atoms with E-state index in [1.165, 1.54) is 6.07 Å². The van der Waals surface area contributed by atoms with Gasteiger partial charge in [-0.3, -0.25) is 8.98 Å². The van der Waals surface area contributed by atoms with Crippen molar-refractivity contribution in [1.82, 2.24) is 0 Å². The van der Waals surface area contributed by atoms with Crippen LogP contribution >= 0.6 is 23.2 Å². The van der Waals surface area contributed by atoms with Crippen LogP contribution in [-0.2, 0) is 19.1 Å². The standard InChI is InChI=1S/C20H20Cl2O5S/c1-11-5-4-6-14(12(11)2)18-15(10-26-28(3,24)25)20(19(18)23)27-17-8-7-13(21)9-16(17)22/h4-9,15,18,20H,10H2,1-3H3/t15-,18-,20+/m0/s1. The van der Waals surface area contributed by atoms with Crippen molar-refractivity contribution in [3.8, 4) is 5.75 Å². The fraction of sp³-hybridized carbons (Fsp3) is 0.350. The SMILES string of the molecule is Cc1cccc([C@@H]2C(=O)[C@H](Oc3ccc(Cl)cc3Cl)[C@H]2COS(C)(=O)=O)c1C. The van der Waals surface area contributed by atoms with Gasteiger partial charge in [-0.05, 0) is 48.7 Å². The smallest absolute Gasteiger partial charge is 0.264 e. The Morgan fingerprint density at radius 3 is 2.46 bits per heavy atom. The monoisotopic (exact) mass is 442 g/mol. The van der Waals surface area contributed by atoms with E-state index in [4.69, 9.17) is 32.1 Å². The van der Waals surface area contributed by atoms with Crippen LogP contribution in [0.25, 0.3) is 0 Å². The third kappa shape index (κ3) is 4.35. The molecule has 8 heteroatoms. The Morgan fingerprint density at radius 2 is 1.82 bits per heavy atom. The lowest BCUT2D eigenvalue weighted by Gasteiger charge is -2.43. The molecule has 0 radical (unpaired) electrons. The van der Waals surface area contributed by atoms with Gasteiger partial charge in [-0.25, -0.2) is 0 Å². The van der Waals surface area contributed by atoms with E-state index >= 15 is 0 Å². The second-order valence-corrected chi connectivity index (χ2v) is 9.42. The van der Waals surface area contributed by atoms with Gasteiger partial charge >= 0.3 is 0 Å². The van der Waals surface area contributed by atoms with Crippen LogP contribution < -0.4 is 4.74 Å². The van der Waals surface area contributed by atoms with Crippen molar-refractivity contribution in [2.45, 2.75) is 25.9 Å². The summed E-state index contributed by atoms with van der Waals surface area (Å²) in [5, 5.41) is 0.723. The summed E-state index contributed by atoms with van der Waals surface area (Å²) in [6.07, 6.45) is 0.122. The summed E-state index contributed by atoms with van der Waals surface area (Å²) >= 11 is 12.1. The number of rotatable bonds is 6. The summed E-state index contributed by atoms with van der Waals surface area (Å²) in [6.45, 7) is 3.75. The van der Waals surface area contributed by atoms with E-state index in [-0.39, 0.29) is 17.4 Å². The fourth-order valence-corrected chi connectivity index (χ4v) is 4.25. The maximum Gasteiger partial charge on any atom is 0.264 e. The van der Waals surface area contributed by atoms with Gasteiger partial charge in [0, 0.05) is 10.9 Å². The van der Waals surface area contributed by atoms with Gasteiger partial charge in [0.25, 0.3) is 10.1 Å². The first-order valence-electron chi connectivity index (χ1n) is 8.64. The first-order valence-corrected chi connectivity index (χ1v) is 11.2. The third-order valence-corrected chi connectivity index (χ3v) is 6.10. The van der Waals surface area contributed by atoms with Crippen LogP contribution in [0.4, 0.5) is 0 Å². The molecule has 0 amide bonds. The van der Waals surface area contributed by atoms with Gasteiger partial charge in [-0.15, -0.1) is 0 Å². The highest BCUT2D eigenvalue weighted by Crippen LogP contribution is 2.44. The molecule has 2 aromatic rings. The van der Waals surface area contributed by atoms with Crippen LogP contribution in [0.1, 0.15) is 22.6 Å². The molecule has 150 valence electrons. The molecular weight excluding hydrogens is 423 g/mol. The van der Waals surface area contributed by atoms with Crippen molar-refractivity contribution in [2.75, 3.05) is 12.9 Å². The zero-order valence-electron chi connectivity index (χ0n) is 15.6. The summed E-state index contributed by atoms with van der Waals surface area (Å²) in [6, 6.07) is 10.4. The minimum Gasteiger partial charge on any atom is -0.481 e. The van der Waals surface area contributed by atoms with Gasteiger partial charge in [0.1, 0.15) is 5.75 Å². The van der Waals surface area contributed by atoms with E-state index in [1.807, 2.05) is 32.0 Å². The molecule has 1 aliphatic carbocycles. The molecule has 5 nitrogen and oxygen atoms in total. The molecule has 0 aliphatic heterocycles. The van der Waals surface area contributed by atoms with Gasteiger partial charge in [0.15, 0.2) is 11.9 Å². The lowest BCUT2D eigenvalue weighted by Crippen LogP contribution is -2.55. The van der Waals surface area contributed by atoms with Gasteiger partial charge in [-0.1, -0.05) is 41.4 Å². The fourth-order valence-electron chi connectivity index (χ4n) is 3.39. The second-order valence-electron chi connectivity index (χ2n) is 6.93. The molecule has 2 aromatic carbocycles. The van der Waals surface area contributed by atoms with E-state index in [9.17, 15) is 13.2 Å². The highest BCUT2D eigenvalue weighted by atomic mass is 35.5. The molecule has 1 aliphatic rings. The number of ether oxygens (including phenoxy) is 1. The van der Waals surface area contributed by atoms with Crippen LogP contribution in [0.15, 0.2) is 36.4 Å².